The van der Waals surface area contributed by atoms with Crippen LogP contribution in [0.15, 0.2) is 40.2 Å². The fraction of sp³-hybridized carbons (Fsp3) is 0.250. The predicted molar refractivity (Wildman–Crippen MR) is 75.5 cm³/mol. The Morgan fingerprint density at radius 3 is 2.68 bits per heavy atom. The Labute approximate surface area is 120 Å². The molecule has 0 aliphatic rings. The molecule has 0 fully saturated rings. The lowest BCUT2D eigenvalue weighted by Crippen LogP contribution is -2.36. The van der Waals surface area contributed by atoms with Gasteiger partial charge in [-0.1, -0.05) is 28.1 Å². The van der Waals surface area contributed by atoms with Crippen LogP contribution >= 0.6 is 15.9 Å². The smallest absolute Gasteiger partial charge is 0.318 e. The highest BCUT2D eigenvalue weighted by atomic mass is 79.9. The van der Waals surface area contributed by atoms with E-state index in [4.69, 9.17) is 5.11 Å². The SMILES string of the molecule is C=CCN(CC(=O)O)S(=O)(=O)c1cc(Br)ccc1C. The number of benzene rings is 1. The van der Waals surface area contributed by atoms with E-state index in [1.54, 1.807) is 19.1 Å². The molecule has 19 heavy (non-hydrogen) atoms. The van der Waals surface area contributed by atoms with Crippen LogP contribution in [0, 0.1) is 6.92 Å². The third-order valence-corrected chi connectivity index (χ3v) is 4.86. The molecule has 1 aromatic rings. The summed E-state index contributed by atoms with van der Waals surface area (Å²) < 4.78 is 26.3. The number of carboxylic acids is 1. The van der Waals surface area contributed by atoms with E-state index in [2.05, 4.69) is 22.5 Å². The van der Waals surface area contributed by atoms with Gasteiger partial charge < -0.3 is 5.11 Å². The molecule has 0 saturated heterocycles. The molecule has 0 aliphatic heterocycles. The van der Waals surface area contributed by atoms with E-state index in [9.17, 15) is 13.2 Å². The molecule has 1 N–H and O–H groups in total. The highest BCUT2D eigenvalue weighted by Gasteiger charge is 2.27. The summed E-state index contributed by atoms with van der Waals surface area (Å²) in [6.07, 6.45) is 1.35. The van der Waals surface area contributed by atoms with Gasteiger partial charge in [-0.15, -0.1) is 6.58 Å². The first-order valence-electron chi connectivity index (χ1n) is 5.38. The van der Waals surface area contributed by atoms with E-state index in [-0.39, 0.29) is 11.4 Å². The van der Waals surface area contributed by atoms with E-state index < -0.39 is 22.5 Å². The van der Waals surface area contributed by atoms with Crippen LogP contribution < -0.4 is 0 Å². The number of rotatable bonds is 6. The molecule has 104 valence electrons. The summed E-state index contributed by atoms with van der Waals surface area (Å²) in [6, 6.07) is 4.84. The average molecular weight is 348 g/mol. The summed E-state index contributed by atoms with van der Waals surface area (Å²) >= 11 is 3.21. The van der Waals surface area contributed by atoms with Gasteiger partial charge in [-0.25, -0.2) is 8.42 Å². The molecule has 0 aliphatic carbocycles. The zero-order valence-electron chi connectivity index (χ0n) is 10.3. The lowest BCUT2D eigenvalue weighted by Gasteiger charge is -2.20. The van der Waals surface area contributed by atoms with Gasteiger partial charge in [0.15, 0.2) is 0 Å². The van der Waals surface area contributed by atoms with Crippen LogP contribution in [0.3, 0.4) is 0 Å². The number of hydrogen-bond donors (Lipinski definition) is 1. The number of aryl methyl sites for hydroxylation is 1. The summed E-state index contributed by atoms with van der Waals surface area (Å²) in [5.74, 6) is -1.21. The van der Waals surface area contributed by atoms with Crippen LogP contribution in [0.5, 0.6) is 0 Å². The van der Waals surface area contributed by atoms with Crippen molar-refractivity contribution >= 4 is 31.9 Å². The Balaban J connectivity index is 3.29. The molecule has 7 heteroatoms. The molecule has 0 atom stereocenters. The normalized spacial score (nSPS) is 11.5. The monoisotopic (exact) mass is 347 g/mol. The number of hydrogen-bond acceptors (Lipinski definition) is 3. The molecular formula is C12H14BrNO4S. The minimum Gasteiger partial charge on any atom is -0.480 e. The zero-order valence-corrected chi connectivity index (χ0v) is 12.7. The van der Waals surface area contributed by atoms with Crippen molar-refractivity contribution in [1.82, 2.24) is 4.31 Å². The van der Waals surface area contributed by atoms with Gasteiger partial charge in [0.2, 0.25) is 10.0 Å². The van der Waals surface area contributed by atoms with Crippen molar-refractivity contribution in [2.24, 2.45) is 0 Å². The zero-order chi connectivity index (χ0) is 14.6. The van der Waals surface area contributed by atoms with Crippen molar-refractivity contribution in [3.8, 4) is 0 Å². The summed E-state index contributed by atoms with van der Waals surface area (Å²) in [4.78, 5) is 10.9. The number of carboxylic acid groups (broad SMARTS) is 1. The van der Waals surface area contributed by atoms with Crippen molar-refractivity contribution in [2.75, 3.05) is 13.1 Å². The summed E-state index contributed by atoms with van der Waals surface area (Å²) in [5, 5.41) is 8.79. The van der Waals surface area contributed by atoms with Crippen molar-refractivity contribution in [2.45, 2.75) is 11.8 Å². The third kappa shape index (κ3) is 3.89. The molecule has 0 aromatic heterocycles. The molecule has 0 unspecified atom stereocenters. The van der Waals surface area contributed by atoms with Crippen LogP contribution in [0.1, 0.15) is 5.56 Å². The molecule has 0 amide bonds. The Kier molecular flexibility index (Phi) is 5.28. The molecule has 0 bridgehead atoms. The summed E-state index contributed by atoms with van der Waals surface area (Å²) in [6.45, 7) is 4.45. The number of nitrogens with zero attached hydrogens (tertiary/aromatic N) is 1. The first kappa shape index (κ1) is 15.9. The minimum absolute atomic E-state index is 0.0550. The second-order valence-corrected chi connectivity index (χ2v) is 6.71. The van der Waals surface area contributed by atoms with E-state index in [1.165, 1.54) is 12.1 Å². The van der Waals surface area contributed by atoms with Gasteiger partial charge in [-0.05, 0) is 24.6 Å². The van der Waals surface area contributed by atoms with Gasteiger partial charge in [0.05, 0.1) is 4.90 Å². The lowest BCUT2D eigenvalue weighted by molar-refractivity contribution is -0.137. The Hall–Kier alpha value is -1.18. The molecular weight excluding hydrogens is 334 g/mol. The van der Waals surface area contributed by atoms with E-state index in [0.717, 1.165) is 4.31 Å². The summed E-state index contributed by atoms with van der Waals surface area (Å²) in [7, 11) is -3.86. The maximum absolute atomic E-state index is 12.4. The Bertz CT molecular complexity index is 598. The van der Waals surface area contributed by atoms with E-state index in [0.29, 0.717) is 10.0 Å². The van der Waals surface area contributed by atoms with Crippen LogP contribution in [0.2, 0.25) is 0 Å². The fourth-order valence-corrected chi connectivity index (χ4v) is 3.66. The highest BCUT2D eigenvalue weighted by Crippen LogP contribution is 2.23. The Morgan fingerprint density at radius 1 is 1.53 bits per heavy atom. The quantitative estimate of drug-likeness (QED) is 0.798. The van der Waals surface area contributed by atoms with Crippen molar-refractivity contribution in [1.29, 1.82) is 0 Å². The second-order valence-electron chi connectivity index (χ2n) is 3.89. The third-order valence-electron chi connectivity index (χ3n) is 2.41. The van der Waals surface area contributed by atoms with E-state index >= 15 is 0 Å². The van der Waals surface area contributed by atoms with Gasteiger partial charge >= 0.3 is 5.97 Å². The lowest BCUT2D eigenvalue weighted by atomic mass is 10.2. The van der Waals surface area contributed by atoms with Crippen LogP contribution in [0.4, 0.5) is 0 Å². The molecule has 0 heterocycles. The first-order chi connectivity index (χ1) is 8.78. The number of sulfonamides is 1. The van der Waals surface area contributed by atoms with Gasteiger partial charge in [-0.2, -0.15) is 4.31 Å². The molecule has 0 radical (unpaired) electrons. The molecule has 5 nitrogen and oxygen atoms in total. The van der Waals surface area contributed by atoms with Crippen molar-refractivity contribution in [3.63, 3.8) is 0 Å². The molecule has 0 spiro atoms. The average Bonchev–Trinajstić information content (AvgIpc) is 2.31. The molecule has 1 aromatic carbocycles. The van der Waals surface area contributed by atoms with Gasteiger partial charge in [-0.3, -0.25) is 4.79 Å². The van der Waals surface area contributed by atoms with Gasteiger partial charge in [0.25, 0.3) is 0 Å². The van der Waals surface area contributed by atoms with Crippen molar-refractivity contribution < 1.29 is 18.3 Å². The molecule has 0 saturated carbocycles. The minimum atomic E-state index is -3.86. The highest BCUT2D eigenvalue weighted by molar-refractivity contribution is 9.10. The number of carbonyl (C=O) groups is 1. The number of aliphatic carboxylic acids is 1. The summed E-state index contributed by atoms with van der Waals surface area (Å²) in [5.41, 5.74) is 0.558. The maximum atomic E-state index is 12.4. The predicted octanol–water partition coefficient (Wildman–Crippen LogP) is 2.02. The van der Waals surface area contributed by atoms with E-state index in [1.807, 2.05) is 0 Å². The number of halogens is 1. The first-order valence-corrected chi connectivity index (χ1v) is 7.61. The fourth-order valence-electron chi connectivity index (χ4n) is 1.53. The largest absolute Gasteiger partial charge is 0.480 e. The molecule has 1 rings (SSSR count). The topological polar surface area (TPSA) is 74.7 Å². The van der Waals surface area contributed by atoms with Crippen LogP contribution in [-0.2, 0) is 14.8 Å². The standard InChI is InChI=1S/C12H14BrNO4S/c1-3-6-14(8-12(15)16)19(17,18)11-7-10(13)5-4-9(11)2/h3-5,7H,1,6,8H2,2H3,(H,15,16). The van der Waals surface area contributed by atoms with Gasteiger partial charge in [0, 0.05) is 11.0 Å². The van der Waals surface area contributed by atoms with Crippen LogP contribution in [-0.4, -0.2) is 36.9 Å². The Morgan fingerprint density at radius 2 is 2.16 bits per heavy atom. The van der Waals surface area contributed by atoms with Crippen LogP contribution in [0.25, 0.3) is 0 Å². The maximum Gasteiger partial charge on any atom is 0.318 e. The van der Waals surface area contributed by atoms with Gasteiger partial charge in [0.1, 0.15) is 6.54 Å². The second kappa shape index (κ2) is 6.31. The van der Waals surface area contributed by atoms with Crippen molar-refractivity contribution in [3.05, 3.63) is 40.9 Å².